The molecule has 54 heavy (non-hydrogen) atoms. The Labute approximate surface area is 318 Å². The number of hydrogen-bond donors (Lipinski definition) is 5. The van der Waals surface area contributed by atoms with Crippen LogP contribution in [0.2, 0.25) is 0 Å². The number of nitrogens with one attached hydrogen (secondary N) is 2. The van der Waals surface area contributed by atoms with E-state index in [-0.39, 0.29) is 36.4 Å². The van der Waals surface area contributed by atoms with Gasteiger partial charge in [0, 0.05) is 48.4 Å². The maximum atomic E-state index is 14.3. The number of para-hydroxylation sites is 1. The normalized spacial score (nSPS) is 30.2. The smallest absolute Gasteiger partial charge is 0.251 e. The molecule has 11 heteroatoms. The molecule has 10 atom stereocenters. The van der Waals surface area contributed by atoms with E-state index in [1.807, 2.05) is 79.7 Å². The Hall–Kier alpha value is -4.00. The first-order valence-corrected chi connectivity index (χ1v) is 19.3. The number of fused-ring (bicyclic) bond motifs is 3. The van der Waals surface area contributed by atoms with Gasteiger partial charge >= 0.3 is 0 Å². The Morgan fingerprint density at radius 2 is 1.81 bits per heavy atom. The zero-order chi connectivity index (χ0) is 38.6. The molecule has 1 aliphatic heterocycles. The Morgan fingerprint density at radius 3 is 2.46 bits per heavy atom. The molecule has 2 amide bonds. The molecule has 4 aliphatic carbocycles. The van der Waals surface area contributed by atoms with Crippen molar-refractivity contribution in [2.24, 2.45) is 29.1 Å². The lowest BCUT2D eigenvalue weighted by Gasteiger charge is -2.62. The van der Waals surface area contributed by atoms with E-state index in [1.54, 1.807) is 19.1 Å². The van der Waals surface area contributed by atoms with Crippen LogP contribution in [-0.2, 0) is 22.6 Å². The van der Waals surface area contributed by atoms with Gasteiger partial charge in [-0.05, 0) is 84.2 Å². The fraction of sp³-hybridized carbons (Fsp3) is 0.535. The van der Waals surface area contributed by atoms with Gasteiger partial charge in [-0.1, -0.05) is 63.2 Å². The summed E-state index contributed by atoms with van der Waals surface area (Å²) in [5, 5.41) is 40.3. The van der Waals surface area contributed by atoms with Gasteiger partial charge in [0.05, 0.1) is 38.5 Å². The molecule has 290 valence electrons. The van der Waals surface area contributed by atoms with Crippen molar-refractivity contribution >= 4 is 17.5 Å². The third-order valence-electron chi connectivity index (χ3n) is 13.2. The van der Waals surface area contributed by atoms with Crippen molar-refractivity contribution in [1.82, 2.24) is 15.7 Å². The molecule has 4 fully saturated rings. The number of ether oxygens (including phenoxy) is 1. The molecule has 1 saturated heterocycles. The van der Waals surface area contributed by atoms with E-state index < -0.39 is 36.3 Å². The number of amides is 2. The van der Waals surface area contributed by atoms with Crippen LogP contribution in [0.4, 0.5) is 5.69 Å². The fourth-order valence-corrected chi connectivity index (χ4v) is 9.94. The van der Waals surface area contributed by atoms with Gasteiger partial charge < -0.3 is 35.6 Å². The minimum absolute atomic E-state index is 0.0273. The highest BCUT2D eigenvalue weighted by Gasteiger charge is 2.57. The van der Waals surface area contributed by atoms with E-state index in [2.05, 4.69) is 31.4 Å². The molecule has 3 saturated carbocycles. The first kappa shape index (κ1) is 38.3. The second kappa shape index (κ2) is 14.9. The number of anilines is 1. The summed E-state index contributed by atoms with van der Waals surface area (Å²) in [7, 11) is 5.41. The molecule has 8 rings (SSSR count). The van der Waals surface area contributed by atoms with E-state index >= 15 is 0 Å². The standard InChI is InChI=1S/C43H56N4O7/c1-23-33-19-29(43(33,3)4)20-34(23)44-42(52)38-37(24(2)49)36(22-48)54-47(38)21-26-12-10-14-32(40(26)53-7)27-15-28(17-30(16-27)46(5)6)41(51)45-35-18-25-11-8-9-13-31(25)39(35)50/h8-17,23-24,29,33-39,48-50H,18-22H2,1-7H3,(H,44,52)(H,45,51)/t23-,24-,29+,33-,34-,35+,36-,37-,38-,39-/m0/s1. The molecular weight excluding hydrogens is 684 g/mol. The van der Waals surface area contributed by atoms with Crippen LogP contribution in [0.1, 0.15) is 73.7 Å². The number of hydrogen-bond acceptors (Lipinski definition) is 9. The number of carbonyl (C=O) groups excluding carboxylic acids is 2. The summed E-state index contributed by atoms with van der Waals surface area (Å²) in [5.41, 5.74) is 5.61. The first-order valence-electron chi connectivity index (χ1n) is 19.3. The van der Waals surface area contributed by atoms with Gasteiger partial charge in [0.25, 0.3) is 5.91 Å². The van der Waals surface area contributed by atoms with Crippen molar-refractivity contribution in [3.8, 4) is 16.9 Å². The highest BCUT2D eigenvalue weighted by Crippen LogP contribution is 2.61. The van der Waals surface area contributed by atoms with E-state index in [1.165, 1.54) is 6.42 Å². The van der Waals surface area contributed by atoms with Crippen LogP contribution in [0.15, 0.2) is 60.7 Å². The fourth-order valence-electron chi connectivity index (χ4n) is 9.94. The molecule has 0 aromatic heterocycles. The minimum Gasteiger partial charge on any atom is -0.496 e. The quantitative estimate of drug-likeness (QED) is 0.192. The van der Waals surface area contributed by atoms with Gasteiger partial charge in [-0.2, -0.15) is 5.06 Å². The molecule has 5 N–H and O–H groups in total. The molecule has 11 nitrogen and oxygen atoms in total. The first-order chi connectivity index (χ1) is 25.7. The van der Waals surface area contributed by atoms with Crippen LogP contribution >= 0.6 is 0 Å². The summed E-state index contributed by atoms with van der Waals surface area (Å²) in [6, 6.07) is 17.8. The van der Waals surface area contributed by atoms with Gasteiger partial charge in [0.1, 0.15) is 17.9 Å². The summed E-state index contributed by atoms with van der Waals surface area (Å²) < 4.78 is 6.07. The Bertz CT molecular complexity index is 1880. The Morgan fingerprint density at radius 1 is 1.06 bits per heavy atom. The van der Waals surface area contributed by atoms with Gasteiger partial charge in [0.2, 0.25) is 5.91 Å². The lowest BCUT2D eigenvalue weighted by atomic mass is 9.45. The molecule has 0 unspecified atom stereocenters. The van der Waals surface area contributed by atoms with Gasteiger partial charge in [0.15, 0.2) is 0 Å². The average Bonchev–Trinajstić information content (AvgIpc) is 3.68. The van der Waals surface area contributed by atoms with Gasteiger partial charge in [-0.3, -0.25) is 14.4 Å². The van der Waals surface area contributed by atoms with Crippen molar-refractivity contribution in [2.75, 3.05) is 32.7 Å². The topological polar surface area (TPSA) is 144 Å². The van der Waals surface area contributed by atoms with Gasteiger partial charge in [-0.25, -0.2) is 0 Å². The molecule has 3 aromatic carbocycles. The van der Waals surface area contributed by atoms with E-state index in [4.69, 9.17) is 9.57 Å². The van der Waals surface area contributed by atoms with E-state index in [0.29, 0.717) is 35.5 Å². The average molecular weight is 741 g/mol. The maximum Gasteiger partial charge on any atom is 0.251 e. The number of hydroxylamine groups is 2. The van der Waals surface area contributed by atoms with Crippen LogP contribution in [0.5, 0.6) is 5.75 Å². The number of nitrogens with zero attached hydrogens (tertiary/aromatic N) is 2. The molecule has 1 heterocycles. The number of rotatable bonds is 11. The lowest BCUT2D eigenvalue weighted by molar-refractivity contribution is -0.183. The monoisotopic (exact) mass is 740 g/mol. The molecule has 0 radical (unpaired) electrons. The van der Waals surface area contributed by atoms with E-state index in [9.17, 15) is 24.9 Å². The third-order valence-corrected chi connectivity index (χ3v) is 13.2. The SMILES string of the molecule is COc1c(CN2O[C@@H](CO)[C@H]([C@H](C)O)[C@H]2C(=O)N[C@H]2C[C@H]3C[C@@H]([C@@H]2C)C3(C)C)cccc1-c1cc(C(=O)N[C@@H]2Cc3ccccc3[C@@H]2O)cc(N(C)C)c1. The highest BCUT2D eigenvalue weighted by atomic mass is 16.7. The molecule has 3 aromatic rings. The predicted octanol–water partition coefficient (Wildman–Crippen LogP) is 4.48. The zero-order valence-corrected chi connectivity index (χ0v) is 32.5. The van der Waals surface area contributed by atoms with Crippen LogP contribution in [0.3, 0.4) is 0 Å². The summed E-state index contributed by atoms with van der Waals surface area (Å²) in [5.74, 6) is 0.822. The summed E-state index contributed by atoms with van der Waals surface area (Å²) in [6.45, 7) is 8.33. The molecule has 5 aliphatic rings. The van der Waals surface area contributed by atoms with Crippen molar-refractivity contribution in [3.05, 3.63) is 82.9 Å². The molecule has 0 spiro atoms. The van der Waals surface area contributed by atoms with Crippen molar-refractivity contribution in [2.45, 2.75) is 89.9 Å². The van der Waals surface area contributed by atoms with Crippen molar-refractivity contribution < 1.29 is 34.5 Å². The van der Waals surface area contributed by atoms with Crippen LogP contribution < -0.4 is 20.3 Å². The number of carbonyl (C=O) groups is 2. The molecule has 2 bridgehead atoms. The second-order valence-corrected chi connectivity index (χ2v) is 16.8. The third kappa shape index (κ3) is 6.79. The lowest BCUT2D eigenvalue weighted by Crippen LogP contribution is -2.62. The van der Waals surface area contributed by atoms with E-state index in [0.717, 1.165) is 39.9 Å². The maximum absolute atomic E-state index is 14.3. The Kier molecular flexibility index (Phi) is 10.6. The molecular formula is C43H56N4O7. The zero-order valence-electron chi connectivity index (χ0n) is 32.5. The van der Waals surface area contributed by atoms with Gasteiger partial charge in [-0.15, -0.1) is 0 Å². The van der Waals surface area contributed by atoms with Crippen molar-refractivity contribution in [3.63, 3.8) is 0 Å². The number of aliphatic hydroxyl groups excluding tert-OH is 3. The number of aliphatic hydroxyl groups is 3. The largest absolute Gasteiger partial charge is 0.496 e. The minimum atomic E-state index is -0.912. The number of benzene rings is 3. The number of methoxy groups -OCH3 is 1. The van der Waals surface area contributed by atoms with Crippen LogP contribution in [0, 0.1) is 29.1 Å². The van der Waals surface area contributed by atoms with Crippen molar-refractivity contribution in [1.29, 1.82) is 0 Å². The Balaban J connectivity index is 1.16. The van der Waals surface area contributed by atoms with Crippen LogP contribution in [-0.4, -0.2) is 90.3 Å². The van der Waals surface area contributed by atoms with Crippen LogP contribution in [0.25, 0.3) is 11.1 Å². The summed E-state index contributed by atoms with van der Waals surface area (Å²) >= 11 is 0. The predicted molar refractivity (Wildman–Crippen MR) is 207 cm³/mol. The highest BCUT2D eigenvalue weighted by molar-refractivity contribution is 5.97. The summed E-state index contributed by atoms with van der Waals surface area (Å²) in [4.78, 5) is 36.3. The summed E-state index contributed by atoms with van der Waals surface area (Å²) in [6.07, 6.45) is 0.187. The second-order valence-electron chi connectivity index (χ2n) is 16.8.